The molecule has 0 aliphatic carbocycles. The summed E-state index contributed by atoms with van der Waals surface area (Å²) in [7, 11) is 0. The number of phenolic OH excluding ortho intramolecular Hbond substituents is 1. The molecule has 0 spiro atoms. The standard InChI is InChI=1S/C23H20ClF3N2O6/c1-11(7-21(32)33)28-20(31)9-15-12(2)29(18-10-17(24)19(30)8-16(15)18)22(34)13-3-5-14(6-4-13)35-23(25,26)27/h3-6,8,10-11,30H,7,9H2,1-2H3,(H,28,31)(H,32,33). The van der Waals surface area contributed by atoms with Gasteiger partial charge in [-0.15, -0.1) is 13.2 Å². The maximum Gasteiger partial charge on any atom is 0.573 e. The Balaban J connectivity index is 2.00. The number of aliphatic carboxylic acids is 1. The molecule has 0 bridgehead atoms. The molecule has 0 saturated heterocycles. The molecule has 1 unspecified atom stereocenters. The van der Waals surface area contributed by atoms with Crippen molar-refractivity contribution < 1.29 is 42.5 Å². The van der Waals surface area contributed by atoms with E-state index in [4.69, 9.17) is 16.7 Å². The van der Waals surface area contributed by atoms with Crippen LogP contribution in [0.2, 0.25) is 5.02 Å². The largest absolute Gasteiger partial charge is 0.573 e. The van der Waals surface area contributed by atoms with Crippen LogP contribution in [0.4, 0.5) is 13.2 Å². The second-order valence-electron chi connectivity index (χ2n) is 7.84. The first-order valence-corrected chi connectivity index (χ1v) is 10.6. The van der Waals surface area contributed by atoms with Crippen LogP contribution in [0.1, 0.15) is 35.0 Å². The summed E-state index contributed by atoms with van der Waals surface area (Å²) >= 11 is 6.04. The number of phenols is 1. The van der Waals surface area contributed by atoms with E-state index in [-0.39, 0.29) is 34.7 Å². The molecule has 35 heavy (non-hydrogen) atoms. The monoisotopic (exact) mass is 512 g/mol. The fourth-order valence-electron chi connectivity index (χ4n) is 3.70. The van der Waals surface area contributed by atoms with Crippen LogP contribution in [0.3, 0.4) is 0 Å². The predicted molar refractivity (Wildman–Crippen MR) is 120 cm³/mol. The van der Waals surface area contributed by atoms with E-state index in [0.717, 1.165) is 24.3 Å². The van der Waals surface area contributed by atoms with Crippen molar-refractivity contribution in [2.75, 3.05) is 0 Å². The quantitative estimate of drug-likeness (QED) is 0.431. The number of carboxylic acids is 1. The Morgan fingerprint density at radius 2 is 1.80 bits per heavy atom. The average Bonchev–Trinajstić information content (AvgIpc) is 2.97. The highest BCUT2D eigenvalue weighted by Gasteiger charge is 2.31. The fourth-order valence-corrected chi connectivity index (χ4v) is 3.86. The highest BCUT2D eigenvalue weighted by atomic mass is 35.5. The summed E-state index contributed by atoms with van der Waals surface area (Å²) in [5.74, 6) is -2.97. The van der Waals surface area contributed by atoms with Gasteiger partial charge in [0.1, 0.15) is 11.5 Å². The van der Waals surface area contributed by atoms with Crippen molar-refractivity contribution in [3.8, 4) is 11.5 Å². The van der Waals surface area contributed by atoms with Crippen LogP contribution in [0.5, 0.6) is 11.5 Å². The zero-order valence-electron chi connectivity index (χ0n) is 18.4. The van der Waals surface area contributed by atoms with Crippen LogP contribution >= 0.6 is 11.6 Å². The predicted octanol–water partition coefficient (Wildman–Crippen LogP) is 4.42. The molecule has 3 N–H and O–H groups in total. The van der Waals surface area contributed by atoms with Gasteiger partial charge in [0.05, 0.1) is 23.4 Å². The Morgan fingerprint density at radius 3 is 2.37 bits per heavy atom. The lowest BCUT2D eigenvalue weighted by Gasteiger charge is -2.12. The third kappa shape index (κ3) is 6.04. The summed E-state index contributed by atoms with van der Waals surface area (Å²) in [5, 5.41) is 21.8. The number of nitrogens with one attached hydrogen (secondary N) is 1. The summed E-state index contributed by atoms with van der Waals surface area (Å²) in [6, 6.07) is 6.32. The maximum absolute atomic E-state index is 13.3. The molecule has 186 valence electrons. The molecular formula is C23H20ClF3N2O6. The van der Waals surface area contributed by atoms with Crippen molar-refractivity contribution in [1.82, 2.24) is 9.88 Å². The number of nitrogens with zero attached hydrogens (tertiary/aromatic N) is 1. The van der Waals surface area contributed by atoms with E-state index in [1.165, 1.54) is 23.6 Å². The van der Waals surface area contributed by atoms with Gasteiger partial charge in [-0.2, -0.15) is 0 Å². The number of aromatic hydroxyl groups is 1. The van der Waals surface area contributed by atoms with E-state index < -0.39 is 35.9 Å². The number of ether oxygens (including phenoxy) is 1. The molecule has 2 aromatic carbocycles. The molecule has 12 heteroatoms. The number of carbonyl (C=O) groups excluding carboxylic acids is 2. The number of alkyl halides is 3. The Morgan fingerprint density at radius 1 is 1.17 bits per heavy atom. The number of hydrogen-bond donors (Lipinski definition) is 3. The molecule has 1 amide bonds. The third-order valence-electron chi connectivity index (χ3n) is 5.17. The fraction of sp³-hybridized carbons (Fsp3) is 0.261. The van der Waals surface area contributed by atoms with E-state index in [9.17, 15) is 32.7 Å². The number of carboxylic acid groups (broad SMARTS) is 1. The van der Waals surface area contributed by atoms with Crippen LogP contribution < -0.4 is 10.1 Å². The first kappa shape index (κ1) is 25.9. The summed E-state index contributed by atoms with van der Waals surface area (Å²) in [5.41, 5.74) is 1.03. The van der Waals surface area contributed by atoms with Crippen molar-refractivity contribution in [2.45, 2.75) is 39.1 Å². The lowest BCUT2D eigenvalue weighted by atomic mass is 10.1. The van der Waals surface area contributed by atoms with Crippen LogP contribution in [-0.2, 0) is 16.0 Å². The van der Waals surface area contributed by atoms with Crippen molar-refractivity contribution in [3.05, 3.63) is 58.2 Å². The highest BCUT2D eigenvalue weighted by Crippen LogP contribution is 2.35. The average molecular weight is 513 g/mol. The van der Waals surface area contributed by atoms with E-state index in [1.54, 1.807) is 6.92 Å². The van der Waals surface area contributed by atoms with E-state index in [0.29, 0.717) is 16.6 Å². The summed E-state index contributed by atoms with van der Waals surface area (Å²) in [4.78, 5) is 36.7. The van der Waals surface area contributed by atoms with Gasteiger partial charge < -0.3 is 20.3 Å². The van der Waals surface area contributed by atoms with Gasteiger partial charge in [0.15, 0.2) is 0 Å². The SMILES string of the molecule is Cc1c(CC(=O)NC(C)CC(=O)O)c2cc(O)c(Cl)cc2n1C(=O)c1ccc(OC(F)(F)F)cc1. The van der Waals surface area contributed by atoms with Crippen LogP contribution in [0, 0.1) is 6.92 Å². The topological polar surface area (TPSA) is 118 Å². The van der Waals surface area contributed by atoms with Gasteiger partial charge >= 0.3 is 12.3 Å². The first-order valence-electron chi connectivity index (χ1n) is 10.2. The highest BCUT2D eigenvalue weighted by molar-refractivity contribution is 6.33. The maximum atomic E-state index is 13.3. The molecule has 1 aromatic heterocycles. The molecule has 3 rings (SSSR count). The first-order chi connectivity index (χ1) is 16.3. The van der Waals surface area contributed by atoms with Crippen molar-refractivity contribution in [2.24, 2.45) is 0 Å². The van der Waals surface area contributed by atoms with Crippen LogP contribution in [-0.4, -0.2) is 45.0 Å². The molecule has 0 radical (unpaired) electrons. The van der Waals surface area contributed by atoms with E-state index in [2.05, 4.69) is 10.1 Å². The number of aromatic nitrogens is 1. The van der Waals surface area contributed by atoms with Gasteiger partial charge in [-0.25, -0.2) is 0 Å². The Hall–Kier alpha value is -3.73. The van der Waals surface area contributed by atoms with Gasteiger partial charge in [-0.1, -0.05) is 11.6 Å². The number of hydrogen-bond acceptors (Lipinski definition) is 5. The smallest absolute Gasteiger partial charge is 0.506 e. The number of halogens is 4. The number of carbonyl (C=O) groups is 3. The summed E-state index contributed by atoms with van der Waals surface area (Å²) in [6.45, 7) is 3.09. The van der Waals surface area contributed by atoms with E-state index >= 15 is 0 Å². The molecule has 0 aliphatic heterocycles. The lowest BCUT2D eigenvalue weighted by Crippen LogP contribution is -2.35. The minimum Gasteiger partial charge on any atom is -0.506 e. The van der Waals surface area contributed by atoms with E-state index in [1.807, 2.05) is 0 Å². The molecule has 0 fully saturated rings. The van der Waals surface area contributed by atoms with Gasteiger partial charge in [0, 0.05) is 22.7 Å². The van der Waals surface area contributed by atoms with Crippen molar-refractivity contribution in [3.63, 3.8) is 0 Å². The molecule has 0 saturated carbocycles. The molecule has 3 aromatic rings. The Bertz CT molecular complexity index is 1300. The third-order valence-corrected chi connectivity index (χ3v) is 5.47. The van der Waals surface area contributed by atoms with Crippen molar-refractivity contribution >= 4 is 40.3 Å². The van der Waals surface area contributed by atoms with Gasteiger partial charge in [0.25, 0.3) is 5.91 Å². The Kier molecular flexibility index (Phi) is 7.30. The number of fused-ring (bicyclic) bond motifs is 1. The summed E-state index contributed by atoms with van der Waals surface area (Å²) < 4.78 is 42.3. The molecular weight excluding hydrogens is 493 g/mol. The van der Waals surface area contributed by atoms with Crippen molar-refractivity contribution in [1.29, 1.82) is 0 Å². The minimum atomic E-state index is -4.88. The molecule has 1 heterocycles. The lowest BCUT2D eigenvalue weighted by molar-refractivity contribution is -0.274. The zero-order chi connectivity index (χ0) is 26.1. The minimum absolute atomic E-state index is 0.0369. The van der Waals surface area contributed by atoms with Gasteiger partial charge in [0.2, 0.25) is 5.91 Å². The van der Waals surface area contributed by atoms with Crippen LogP contribution in [0.15, 0.2) is 36.4 Å². The zero-order valence-corrected chi connectivity index (χ0v) is 19.2. The number of rotatable bonds is 7. The second-order valence-corrected chi connectivity index (χ2v) is 8.25. The van der Waals surface area contributed by atoms with Gasteiger partial charge in [-0.05, 0) is 55.8 Å². The molecule has 0 aliphatic rings. The molecule has 1 atom stereocenters. The second kappa shape index (κ2) is 9.87. The summed E-state index contributed by atoms with van der Waals surface area (Å²) in [6.07, 6.45) is -5.39. The normalized spacial score (nSPS) is 12.4. The number of amides is 1. The number of benzene rings is 2. The Labute approximate surface area is 201 Å². The van der Waals surface area contributed by atoms with Crippen LogP contribution in [0.25, 0.3) is 10.9 Å². The van der Waals surface area contributed by atoms with Gasteiger partial charge in [-0.3, -0.25) is 19.0 Å². The molecule has 8 nitrogen and oxygen atoms in total.